The Kier molecular flexibility index (Phi) is 5.18. The van der Waals surface area contributed by atoms with Gasteiger partial charge in [-0.2, -0.15) is 0 Å². The van der Waals surface area contributed by atoms with E-state index in [1.165, 1.54) is 0 Å². The largest absolute Gasteiger partial charge is 0.497 e. The summed E-state index contributed by atoms with van der Waals surface area (Å²) in [5, 5.41) is 1.10. The van der Waals surface area contributed by atoms with E-state index < -0.39 is 0 Å². The van der Waals surface area contributed by atoms with E-state index in [-0.39, 0.29) is 4.83 Å². The molecule has 0 fully saturated rings. The first kappa shape index (κ1) is 15.2. The average Bonchev–Trinajstić information content (AvgIpc) is 2.41. The van der Waals surface area contributed by atoms with Gasteiger partial charge in [0.1, 0.15) is 5.75 Å². The molecule has 0 aliphatic rings. The highest BCUT2D eigenvalue weighted by Gasteiger charge is 2.15. The first-order chi connectivity index (χ1) is 9.02. The minimum atomic E-state index is 0.0301. The van der Waals surface area contributed by atoms with Crippen molar-refractivity contribution in [1.29, 1.82) is 0 Å². The lowest BCUT2D eigenvalue weighted by atomic mass is 10.0. The third-order valence-corrected chi connectivity index (χ3v) is 5.16. The molecule has 2 aromatic carbocycles. The Bertz CT molecular complexity index is 602. The Labute approximate surface area is 139 Å². The zero-order valence-corrected chi connectivity index (χ0v) is 14.6. The van der Waals surface area contributed by atoms with Crippen molar-refractivity contribution in [3.05, 3.63) is 62.0 Å². The van der Waals surface area contributed by atoms with Gasteiger partial charge in [0.2, 0.25) is 0 Å². The molecule has 5 heteroatoms. The summed E-state index contributed by atoms with van der Waals surface area (Å²) in [6.07, 6.45) is 0. The molecule has 2 aromatic rings. The molecule has 0 aliphatic carbocycles. The smallest absolute Gasteiger partial charge is 0.120 e. The first-order valence-electron chi connectivity index (χ1n) is 5.45. The number of methoxy groups -OCH3 is 1. The van der Waals surface area contributed by atoms with Crippen LogP contribution in [0, 0.1) is 0 Å². The van der Waals surface area contributed by atoms with Crippen LogP contribution in [0.1, 0.15) is 16.0 Å². The van der Waals surface area contributed by atoms with E-state index in [0.29, 0.717) is 10.0 Å². The minimum Gasteiger partial charge on any atom is -0.497 e. The van der Waals surface area contributed by atoms with Crippen molar-refractivity contribution in [3.63, 3.8) is 0 Å². The minimum absolute atomic E-state index is 0.0301. The van der Waals surface area contributed by atoms with Crippen molar-refractivity contribution in [2.24, 2.45) is 0 Å². The number of hydrogen-bond acceptors (Lipinski definition) is 1. The molecule has 0 bridgehead atoms. The van der Waals surface area contributed by atoms with E-state index in [2.05, 4.69) is 31.9 Å². The summed E-state index contributed by atoms with van der Waals surface area (Å²) in [6, 6.07) is 11.5. The number of hydrogen-bond donors (Lipinski definition) is 0. The monoisotopic (exact) mass is 422 g/mol. The Morgan fingerprint density at radius 1 is 1.05 bits per heavy atom. The fourth-order valence-corrected chi connectivity index (χ4v) is 3.57. The third-order valence-electron chi connectivity index (χ3n) is 2.72. The topological polar surface area (TPSA) is 9.23 Å². The molecule has 0 amide bonds. The van der Waals surface area contributed by atoms with Gasteiger partial charge in [-0.15, -0.1) is 0 Å². The van der Waals surface area contributed by atoms with Crippen LogP contribution in [0.5, 0.6) is 5.75 Å². The van der Waals surface area contributed by atoms with Crippen molar-refractivity contribution in [2.45, 2.75) is 4.83 Å². The molecule has 0 N–H and O–H groups in total. The second kappa shape index (κ2) is 6.49. The lowest BCUT2D eigenvalue weighted by Crippen LogP contribution is -1.95. The predicted molar refractivity (Wildman–Crippen MR) is 87.9 cm³/mol. The van der Waals surface area contributed by atoms with Gasteiger partial charge in [0.05, 0.1) is 22.0 Å². The highest BCUT2D eigenvalue weighted by atomic mass is 79.9. The molecule has 19 heavy (non-hydrogen) atoms. The van der Waals surface area contributed by atoms with Gasteiger partial charge in [0, 0.05) is 4.47 Å². The molecule has 0 saturated carbocycles. The van der Waals surface area contributed by atoms with Crippen molar-refractivity contribution in [1.82, 2.24) is 0 Å². The molecular weight excluding hydrogens is 415 g/mol. The number of halogens is 4. The second-order valence-electron chi connectivity index (χ2n) is 3.92. The van der Waals surface area contributed by atoms with E-state index >= 15 is 0 Å². The lowest BCUT2D eigenvalue weighted by Gasteiger charge is -2.14. The van der Waals surface area contributed by atoms with Crippen molar-refractivity contribution >= 4 is 55.1 Å². The zero-order valence-electron chi connectivity index (χ0n) is 9.96. The van der Waals surface area contributed by atoms with E-state index in [0.717, 1.165) is 21.3 Å². The number of rotatable bonds is 3. The average molecular weight is 425 g/mol. The molecule has 1 nitrogen and oxygen atoms in total. The summed E-state index contributed by atoms with van der Waals surface area (Å²) in [5.74, 6) is 0.810. The molecule has 0 aliphatic heterocycles. The van der Waals surface area contributed by atoms with Gasteiger partial charge in [0.15, 0.2) is 0 Å². The molecule has 0 heterocycles. The van der Waals surface area contributed by atoms with Crippen LogP contribution in [0.3, 0.4) is 0 Å². The van der Waals surface area contributed by atoms with Crippen LogP contribution < -0.4 is 4.74 Å². The second-order valence-corrected chi connectivity index (χ2v) is 6.51. The maximum absolute atomic E-state index is 6.05. The highest BCUT2D eigenvalue weighted by Crippen LogP contribution is 2.38. The first-order valence-corrected chi connectivity index (χ1v) is 7.92. The van der Waals surface area contributed by atoms with Crippen LogP contribution in [0.15, 0.2) is 40.9 Å². The van der Waals surface area contributed by atoms with E-state index in [1.807, 2.05) is 30.3 Å². The Hall–Kier alpha value is -0.220. The van der Waals surface area contributed by atoms with Crippen LogP contribution >= 0.6 is 55.1 Å². The molecule has 100 valence electrons. The summed E-state index contributed by atoms with van der Waals surface area (Å²) in [5.41, 5.74) is 2.14. The normalized spacial score (nSPS) is 12.3. The Balaban J connectivity index is 2.38. The zero-order chi connectivity index (χ0) is 14.0. The van der Waals surface area contributed by atoms with Gasteiger partial charge in [0.25, 0.3) is 0 Å². The van der Waals surface area contributed by atoms with Crippen LogP contribution in [-0.4, -0.2) is 7.11 Å². The number of ether oxygens (including phenoxy) is 1. The summed E-state index contributed by atoms with van der Waals surface area (Å²) < 4.78 is 6.16. The van der Waals surface area contributed by atoms with Crippen LogP contribution in [0.2, 0.25) is 10.0 Å². The molecule has 0 aromatic heterocycles. The maximum Gasteiger partial charge on any atom is 0.120 e. The van der Waals surface area contributed by atoms with Gasteiger partial charge in [-0.25, -0.2) is 0 Å². The Morgan fingerprint density at radius 3 is 2.37 bits per heavy atom. The standard InChI is InChI=1S/C14H10Br2Cl2O/c1-19-9-3-4-10(11(15)7-9)14(16)8-2-5-12(17)13(18)6-8/h2-7,14H,1H3. The highest BCUT2D eigenvalue weighted by molar-refractivity contribution is 9.11. The molecule has 1 unspecified atom stereocenters. The molecular formula is C14H10Br2Cl2O. The van der Waals surface area contributed by atoms with Gasteiger partial charge < -0.3 is 4.74 Å². The van der Waals surface area contributed by atoms with Gasteiger partial charge >= 0.3 is 0 Å². The fourth-order valence-electron chi connectivity index (χ4n) is 1.69. The fraction of sp³-hybridized carbons (Fsp3) is 0.143. The van der Waals surface area contributed by atoms with Crippen molar-refractivity contribution < 1.29 is 4.74 Å². The third kappa shape index (κ3) is 3.46. The summed E-state index contributed by atoms with van der Waals surface area (Å²) in [4.78, 5) is 0.0301. The van der Waals surface area contributed by atoms with Gasteiger partial charge in [-0.3, -0.25) is 0 Å². The summed E-state index contributed by atoms with van der Waals surface area (Å²) >= 11 is 19.2. The van der Waals surface area contributed by atoms with Gasteiger partial charge in [-0.05, 0) is 35.4 Å². The number of benzene rings is 2. The van der Waals surface area contributed by atoms with Crippen LogP contribution in [0.4, 0.5) is 0 Å². The van der Waals surface area contributed by atoms with E-state index in [9.17, 15) is 0 Å². The molecule has 0 spiro atoms. The summed E-state index contributed by atoms with van der Waals surface area (Å²) in [6.45, 7) is 0. The molecule has 2 rings (SSSR count). The van der Waals surface area contributed by atoms with E-state index in [4.69, 9.17) is 27.9 Å². The molecule has 1 atom stereocenters. The maximum atomic E-state index is 6.05. The van der Waals surface area contributed by atoms with Crippen LogP contribution in [0.25, 0.3) is 0 Å². The van der Waals surface area contributed by atoms with E-state index in [1.54, 1.807) is 13.2 Å². The lowest BCUT2D eigenvalue weighted by molar-refractivity contribution is 0.414. The number of alkyl halides is 1. The molecule has 0 radical (unpaired) electrons. The molecule has 0 saturated heterocycles. The summed E-state index contributed by atoms with van der Waals surface area (Å²) in [7, 11) is 1.64. The van der Waals surface area contributed by atoms with Crippen molar-refractivity contribution in [2.75, 3.05) is 7.11 Å². The SMILES string of the molecule is COc1ccc(C(Br)c2ccc(Cl)c(Cl)c2)c(Br)c1. The van der Waals surface area contributed by atoms with Gasteiger partial charge in [-0.1, -0.05) is 67.2 Å². The van der Waals surface area contributed by atoms with Crippen LogP contribution in [-0.2, 0) is 0 Å². The van der Waals surface area contributed by atoms with Crippen molar-refractivity contribution in [3.8, 4) is 5.75 Å². The quantitative estimate of drug-likeness (QED) is 0.529. The Morgan fingerprint density at radius 2 is 1.79 bits per heavy atom. The predicted octanol–water partition coefficient (Wildman–Crippen LogP) is 6.25.